The second-order valence-corrected chi connectivity index (χ2v) is 9.03. The molecule has 1 aromatic carbocycles. The molecule has 0 saturated heterocycles. The fourth-order valence-electron chi connectivity index (χ4n) is 4.13. The molecule has 30 heavy (non-hydrogen) atoms. The summed E-state index contributed by atoms with van der Waals surface area (Å²) < 4.78 is 17.4. The number of carbonyl (C=O) groups excluding carboxylic acids is 1. The first-order valence-corrected chi connectivity index (χ1v) is 10.7. The van der Waals surface area contributed by atoms with Crippen molar-refractivity contribution in [2.75, 3.05) is 7.11 Å². The quantitative estimate of drug-likeness (QED) is 0.514. The Hall–Kier alpha value is -2.56. The van der Waals surface area contributed by atoms with Crippen LogP contribution in [-0.4, -0.2) is 18.5 Å². The summed E-state index contributed by atoms with van der Waals surface area (Å²) in [7, 11) is 1.58. The summed E-state index contributed by atoms with van der Waals surface area (Å²) in [6.45, 7) is 10.2. The normalized spacial score (nSPS) is 21.0. The highest BCUT2D eigenvalue weighted by atomic mass is 16.6. The Kier molecular flexibility index (Phi) is 6.39. The summed E-state index contributed by atoms with van der Waals surface area (Å²) >= 11 is 0. The van der Waals surface area contributed by atoms with E-state index in [0.29, 0.717) is 47.0 Å². The minimum atomic E-state index is -0.537. The topological polar surface area (TPSA) is 65.7 Å². The third-order valence-electron chi connectivity index (χ3n) is 6.02. The second kappa shape index (κ2) is 8.66. The maximum atomic E-state index is 13.1. The second-order valence-electron chi connectivity index (χ2n) is 9.03. The van der Waals surface area contributed by atoms with E-state index >= 15 is 0 Å². The molecule has 0 bridgehead atoms. The monoisotopic (exact) mass is 412 g/mol. The molecule has 0 amide bonds. The van der Waals surface area contributed by atoms with Gasteiger partial charge in [-0.15, -0.1) is 0 Å². The molecule has 5 nitrogen and oxygen atoms in total. The van der Waals surface area contributed by atoms with Crippen LogP contribution in [0.15, 0.2) is 39.1 Å². The van der Waals surface area contributed by atoms with Crippen LogP contribution < -0.4 is 14.9 Å². The van der Waals surface area contributed by atoms with Crippen molar-refractivity contribution in [2.24, 2.45) is 5.92 Å². The highest BCUT2D eigenvalue weighted by Crippen LogP contribution is 2.46. The van der Waals surface area contributed by atoms with Crippen molar-refractivity contribution in [3.8, 4) is 11.7 Å². The van der Waals surface area contributed by atoms with Gasteiger partial charge in [0.2, 0.25) is 0 Å². The van der Waals surface area contributed by atoms with Gasteiger partial charge in [0.15, 0.2) is 5.43 Å². The van der Waals surface area contributed by atoms with Gasteiger partial charge in [0.25, 0.3) is 5.95 Å². The molecule has 0 saturated carbocycles. The largest absolute Gasteiger partial charge is 0.497 e. The van der Waals surface area contributed by atoms with Crippen LogP contribution in [0.3, 0.4) is 0 Å². The molecule has 1 aliphatic heterocycles. The van der Waals surface area contributed by atoms with Gasteiger partial charge in [-0.3, -0.25) is 9.59 Å². The Morgan fingerprint density at radius 1 is 1.33 bits per heavy atom. The Bertz CT molecular complexity index is 1030. The van der Waals surface area contributed by atoms with Crippen molar-refractivity contribution >= 4 is 16.8 Å². The number of Topliss-reactive ketones (excluding diaryl/α,β-unsaturated/α-hetero) is 1. The van der Waals surface area contributed by atoms with Gasteiger partial charge >= 0.3 is 0 Å². The van der Waals surface area contributed by atoms with E-state index in [1.54, 1.807) is 25.3 Å². The van der Waals surface area contributed by atoms with Gasteiger partial charge in [-0.05, 0) is 44.7 Å². The van der Waals surface area contributed by atoms with Gasteiger partial charge < -0.3 is 13.9 Å². The molecule has 1 aromatic heterocycles. The lowest BCUT2D eigenvalue weighted by atomic mass is 9.83. The molecule has 1 aliphatic rings. The molecule has 3 rings (SSSR count). The van der Waals surface area contributed by atoms with Gasteiger partial charge in [0.05, 0.1) is 18.1 Å². The molecule has 0 N–H and O–H groups in total. The summed E-state index contributed by atoms with van der Waals surface area (Å²) in [5.74, 6) is 1.51. The lowest BCUT2D eigenvalue weighted by molar-refractivity contribution is -0.119. The average molecular weight is 413 g/mol. The van der Waals surface area contributed by atoms with E-state index in [2.05, 4.69) is 19.9 Å². The summed E-state index contributed by atoms with van der Waals surface area (Å²) in [5.41, 5.74) is 1.57. The highest BCUT2D eigenvalue weighted by Gasteiger charge is 2.45. The predicted octanol–water partition coefficient (Wildman–Crippen LogP) is 5.79. The summed E-state index contributed by atoms with van der Waals surface area (Å²) in [6, 6.07) is 5.21. The zero-order valence-electron chi connectivity index (χ0n) is 18.8. The number of rotatable bonds is 8. The maximum Gasteiger partial charge on any atom is 0.293 e. The number of carbonyl (C=O) groups is 1. The van der Waals surface area contributed by atoms with Crippen molar-refractivity contribution in [3.05, 3.63) is 45.6 Å². The van der Waals surface area contributed by atoms with E-state index in [1.807, 2.05) is 20.8 Å². The molecule has 2 heterocycles. The van der Waals surface area contributed by atoms with Gasteiger partial charge in [-0.2, -0.15) is 0 Å². The predicted molar refractivity (Wildman–Crippen MR) is 119 cm³/mol. The number of methoxy groups -OCH3 is 1. The summed E-state index contributed by atoms with van der Waals surface area (Å²) in [6.07, 6.45) is 4.73. The molecule has 0 aliphatic carbocycles. The first-order valence-electron chi connectivity index (χ1n) is 10.7. The summed E-state index contributed by atoms with van der Waals surface area (Å²) in [4.78, 5) is 25.1. The molecular formula is C25H32O5. The first-order chi connectivity index (χ1) is 14.1. The Balaban J connectivity index is 1.76. The van der Waals surface area contributed by atoms with Crippen LogP contribution >= 0.6 is 0 Å². The van der Waals surface area contributed by atoms with Gasteiger partial charge in [-0.1, -0.05) is 32.4 Å². The molecule has 2 aromatic rings. The number of fused-ring (bicyclic) bond motifs is 2. The molecule has 162 valence electrons. The molecule has 0 spiro atoms. The van der Waals surface area contributed by atoms with Crippen LogP contribution in [0.2, 0.25) is 0 Å². The standard InChI is InChI=1S/C25H32O5/c1-15(2)12-18(26)13-16(3)8-7-11-25(5)17(4)22-23(27)20-10-9-19(28-6)14-21(20)29-24(22)30-25/h8-10,14-15,17H,7,11-13H2,1-6H3/b16-8+/t17-,25-/m1/s1. The smallest absolute Gasteiger partial charge is 0.293 e. The molecule has 0 unspecified atom stereocenters. The van der Waals surface area contributed by atoms with Crippen LogP contribution in [0.5, 0.6) is 11.7 Å². The maximum absolute atomic E-state index is 13.1. The van der Waals surface area contributed by atoms with E-state index in [1.165, 1.54) is 0 Å². The highest BCUT2D eigenvalue weighted by molar-refractivity contribution is 5.81. The van der Waals surface area contributed by atoms with Gasteiger partial charge in [0.1, 0.15) is 22.7 Å². The molecule has 2 atom stereocenters. The number of hydrogen-bond donors (Lipinski definition) is 0. The van der Waals surface area contributed by atoms with E-state index in [4.69, 9.17) is 13.9 Å². The third kappa shape index (κ3) is 4.45. The van der Waals surface area contributed by atoms with E-state index in [9.17, 15) is 9.59 Å². The SMILES string of the molecule is COc1ccc2c(=O)c3c(oc2c1)O[C@](C)(CC/C=C(\C)CC(=O)CC(C)C)[C@@H]3C. The zero-order valence-corrected chi connectivity index (χ0v) is 18.8. The van der Waals surface area contributed by atoms with Crippen LogP contribution in [0, 0.1) is 5.92 Å². The van der Waals surface area contributed by atoms with Crippen LogP contribution in [0.1, 0.15) is 71.8 Å². The number of ketones is 1. The fourth-order valence-corrected chi connectivity index (χ4v) is 4.13. The van der Waals surface area contributed by atoms with Crippen molar-refractivity contribution in [1.29, 1.82) is 0 Å². The fraction of sp³-hybridized carbons (Fsp3) is 0.520. The number of hydrogen-bond acceptors (Lipinski definition) is 5. The van der Waals surface area contributed by atoms with Crippen molar-refractivity contribution in [3.63, 3.8) is 0 Å². The van der Waals surface area contributed by atoms with Crippen molar-refractivity contribution < 1.29 is 18.7 Å². The average Bonchev–Trinajstić information content (AvgIpc) is 2.91. The lowest BCUT2D eigenvalue weighted by Gasteiger charge is -2.27. The van der Waals surface area contributed by atoms with Crippen molar-refractivity contribution in [2.45, 2.75) is 71.8 Å². The molecular weight excluding hydrogens is 380 g/mol. The minimum absolute atomic E-state index is 0.0452. The summed E-state index contributed by atoms with van der Waals surface area (Å²) in [5, 5.41) is 0.536. The van der Waals surface area contributed by atoms with Crippen molar-refractivity contribution in [1.82, 2.24) is 0 Å². The van der Waals surface area contributed by atoms with Crippen LogP contribution in [0.4, 0.5) is 0 Å². The van der Waals surface area contributed by atoms with Gasteiger partial charge in [-0.25, -0.2) is 0 Å². The third-order valence-corrected chi connectivity index (χ3v) is 6.02. The number of benzene rings is 1. The molecule has 0 radical (unpaired) electrons. The minimum Gasteiger partial charge on any atom is -0.497 e. The Labute approximate surface area is 178 Å². The first kappa shape index (κ1) is 22.1. The van der Waals surface area contributed by atoms with Crippen LogP contribution in [-0.2, 0) is 4.79 Å². The van der Waals surface area contributed by atoms with Crippen LogP contribution in [0.25, 0.3) is 11.0 Å². The van der Waals surface area contributed by atoms with Gasteiger partial charge in [0, 0.05) is 24.8 Å². The lowest BCUT2D eigenvalue weighted by Crippen LogP contribution is -2.33. The molecule has 5 heteroatoms. The van der Waals surface area contributed by atoms with E-state index in [-0.39, 0.29) is 17.1 Å². The number of ether oxygens (including phenoxy) is 2. The molecule has 0 fully saturated rings. The Morgan fingerprint density at radius 2 is 2.07 bits per heavy atom. The van der Waals surface area contributed by atoms with E-state index in [0.717, 1.165) is 18.4 Å². The van der Waals surface area contributed by atoms with E-state index < -0.39 is 5.60 Å². The zero-order chi connectivity index (χ0) is 22.1. The Morgan fingerprint density at radius 3 is 2.73 bits per heavy atom. The number of allylic oxidation sites excluding steroid dienone is 2.